The van der Waals surface area contributed by atoms with Crippen molar-refractivity contribution in [3.63, 3.8) is 0 Å². The fourth-order valence-corrected chi connectivity index (χ4v) is 1.26. The molecule has 0 aliphatic rings. The summed E-state index contributed by atoms with van der Waals surface area (Å²) in [7, 11) is 1.72. The van der Waals surface area contributed by atoms with Crippen LogP contribution >= 0.6 is 0 Å². The Morgan fingerprint density at radius 3 is 2.38 bits per heavy atom. The van der Waals surface area contributed by atoms with Gasteiger partial charge in [0.1, 0.15) is 5.75 Å². The number of carbonyl (C=O) groups excluding carboxylic acids is 2. The Balaban J connectivity index is 2.96. The number of nitrogens with one attached hydrogen (secondary N) is 2. The van der Waals surface area contributed by atoms with Crippen LogP contribution in [0, 0.1) is 0 Å². The molecule has 0 heterocycles. The molecule has 0 atom stereocenters. The predicted octanol–water partition coefficient (Wildman–Crippen LogP) is 1.61. The van der Waals surface area contributed by atoms with E-state index in [0.29, 0.717) is 17.1 Å². The van der Waals surface area contributed by atoms with Crippen LogP contribution in [0.3, 0.4) is 0 Å². The Morgan fingerprint density at radius 1 is 1.19 bits per heavy atom. The van der Waals surface area contributed by atoms with Gasteiger partial charge in [0, 0.05) is 27.0 Å². The lowest BCUT2D eigenvalue weighted by atomic mass is 10.2. The molecule has 1 aromatic carbocycles. The minimum absolute atomic E-state index is 0.156. The van der Waals surface area contributed by atoms with Crippen molar-refractivity contribution in [2.75, 3.05) is 17.7 Å². The van der Waals surface area contributed by atoms with Crippen molar-refractivity contribution >= 4 is 23.3 Å². The third kappa shape index (κ3) is 3.27. The Labute approximate surface area is 93.8 Å². The van der Waals surface area contributed by atoms with E-state index in [9.17, 15) is 9.59 Å². The van der Waals surface area contributed by atoms with Crippen LogP contribution in [0.25, 0.3) is 0 Å². The van der Waals surface area contributed by atoms with E-state index < -0.39 is 0 Å². The van der Waals surface area contributed by atoms with E-state index in [0.717, 1.165) is 0 Å². The maximum absolute atomic E-state index is 10.9. The average Bonchev–Trinajstić information content (AvgIpc) is 2.18. The molecule has 86 valence electrons. The van der Waals surface area contributed by atoms with Gasteiger partial charge in [-0.2, -0.15) is 0 Å². The second-order valence-corrected chi connectivity index (χ2v) is 3.23. The van der Waals surface area contributed by atoms with Crippen molar-refractivity contribution in [1.29, 1.82) is 0 Å². The number of esters is 1. The van der Waals surface area contributed by atoms with Gasteiger partial charge in [-0.3, -0.25) is 9.59 Å². The quantitative estimate of drug-likeness (QED) is 0.602. The molecular formula is C11H14N2O3. The largest absolute Gasteiger partial charge is 0.427 e. The molecule has 0 spiro atoms. The first-order valence-electron chi connectivity index (χ1n) is 4.80. The van der Waals surface area contributed by atoms with Crippen molar-refractivity contribution < 1.29 is 14.3 Å². The lowest BCUT2D eigenvalue weighted by Gasteiger charge is -2.11. The maximum Gasteiger partial charge on any atom is 0.308 e. The second-order valence-electron chi connectivity index (χ2n) is 3.23. The van der Waals surface area contributed by atoms with Crippen molar-refractivity contribution in [2.24, 2.45) is 0 Å². The highest BCUT2D eigenvalue weighted by Gasteiger charge is 2.05. The number of hydrogen-bond donors (Lipinski definition) is 2. The lowest BCUT2D eigenvalue weighted by molar-refractivity contribution is -0.131. The maximum atomic E-state index is 10.9. The normalized spacial score (nSPS) is 9.44. The van der Waals surface area contributed by atoms with Gasteiger partial charge in [0.05, 0.1) is 11.4 Å². The fraction of sp³-hybridized carbons (Fsp3) is 0.273. The van der Waals surface area contributed by atoms with E-state index in [1.807, 2.05) is 0 Å². The SMILES string of the molecule is CNc1cc(OC(C)=O)ccc1NC(C)=O. The van der Waals surface area contributed by atoms with E-state index in [1.54, 1.807) is 25.2 Å². The molecule has 1 rings (SSSR count). The molecule has 2 N–H and O–H groups in total. The molecule has 0 aromatic heterocycles. The Hall–Kier alpha value is -2.04. The summed E-state index contributed by atoms with van der Waals surface area (Å²) in [6.07, 6.45) is 0. The molecule has 0 aliphatic carbocycles. The van der Waals surface area contributed by atoms with Crippen LogP contribution in [0.15, 0.2) is 18.2 Å². The zero-order chi connectivity index (χ0) is 12.1. The van der Waals surface area contributed by atoms with Gasteiger partial charge in [-0.25, -0.2) is 0 Å². The minimum atomic E-state index is -0.380. The molecule has 5 nitrogen and oxygen atoms in total. The van der Waals surface area contributed by atoms with Crippen LogP contribution in [0.1, 0.15) is 13.8 Å². The van der Waals surface area contributed by atoms with Gasteiger partial charge >= 0.3 is 5.97 Å². The molecular weight excluding hydrogens is 208 g/mol. The van der Waals surface area contributed by atoms with Crippen molar-refractivity contribution in [3.8, 4) is 5.75 Å². The topological polar surface area (TPSA) is 67.4 Å². The van der Waals surface area contributed by atoms with Crippen molar-refractivity contribution in [3.05, 3.63) is 18.2 Å². The van der Waals surface area contributed by atoms with Crippen molar-refractivity contribution in [2.45, 2.75) is 13.8 Å². The molecule has 1 aromatic rings. The van der Waals surface area contributed by atoms with Gasteiger partial charge in [0.25, 0.3) is 0 Å². The van der Waals surface area contributed by atoms with Gasteiger partial charge in [0.15, 0.2) is 0 Å². The van der Waals surface area contributed by atoms with Crippen LogP contribution in [0.5, 0.6) is 5.75 Å². The summed E-state index contributed by atoms with van der Waals surface area (Å²) in [6, 6.07) is 4.94. The van der Waals surface area contributed by atoms with Gasteiger partial charge in [0.2, 0.25) is 5.91 Å². The lowest BCUT2D eigenvalue weighted by Crippen LogP contribution is -2.08. The molecule has 0 aliphatic heterocycles. The number of hydrogen-bond acceptors (Lipinski definition) is 4. The second kappa shape index (κ2) is 5.16. The molecule has 0 fully saturated rings. The first-order chi connectivity index (χ1) is 7.52. The van der Waals surface area contributed by atoms with Crippen LogP contribution < -0.4 is 15.4 Å². The zero-order valence-corrected chi connectivity index (χ0v) is 9.46. The minimum Gasteiger partial charge on any atom is -0.427 e. The van der Waals surface area contributed by atoms with Gasteiger partial charge in [-0.15, -0.1) is 0 Å². The number of rotatable bonds is 3. The average molecular weight is 222 g/mol. The Kier molecular flexibility index (Phi) is 3.88. The summed E-state index contributed by atoms with van der Waals surface area (Å²) >= 11 is 0. The monoisotopic (exact) mass is 222 g/mol. The summed E-state index contributed by atoms with van der Waals surface area (Å²) in [5.74, 6) is -0.1000. The molecule has 5 heteroatoms. The van der Waals surface area contributed by atoms with E-state index in [-0.39, 0.29) is 11.9 Å². The molecule has 0 saturated carbocycles. The standard InChI is InChI=1S/C11H14N2O3/c1-7(14)13-10-5-4-9(16-8(2)15)6-11(10)12-3/h4-6,12H,1-3H3,(H,13,14). The first kappa shape index (κ1) is 12.0. The highest BCUT2D eigenvalue weighted by atomic mass is 16.5. The van der Waals surface area contributed by atoms with Gasteiger partial charge in [-0.1, -0.05) is 0 Å². The Bertz CT molecular complexity index is 416. The number of ether oxygens (including phenoxy) is 1. The molecule has 0 radical (unpaired) electrons. The summed E-state index contributed by atoms with van der Waals surface area (Å²) in [6.45, 7) is 2.76. The van der Waals surface area contributed by atoms with Crippen LogP contribution in [0.2, 0.25) is 0 Å². The van der Waals surface area contributed by atoms with E-state index >= 15 is 0 Å². The summed E-state index contributed by atoms with van der Waals surface area (Å²) in [5, 5.41) is 5.57. The summed E-state index contributed by atoms with van der Waals surface area (Å²) < 4.78 is 4.93. The summed E-state index contributed by atoms with van der Waals surface area (Å²) in [5.41, 5.74) is 1.33. The third-order valence-corrected chi connectivity index (χ3v) is 1.83. The van der Waals surface area contributed by atoms with Gasteiger partial charge < -0.3 is 15.4 Å². The smallest absolute Gasteiger partial charge is 0.308 e. The predicted molar refractivity (Wildman–Crippen MR) is 61.6 cm³/mol. The third-order valence-electron chi connectivity index (χ3n) is 1.83. The zero-order valence-electron chi connectivity index (χ0n) is 9.46. The van der Waals surface area contributed by atoms with Crippen LogP contribution in [-0.2, 0) is 9.59 Å². The number of amides is 1. The molecule has 0 unspecified atom stereocenters. The highest BCUT2D eigenvalue weighted by Crippen LogP contribution is 2.26. The number of anilines is 2. The van der Waals surface area contributed by atoms with Gasteiger partial charge in [-0.05, 0) is 12.1 Å². The van der Waals surface area contributed by atoms with Crippen molar-refractivity contribution in [1.82, 2.24) is 0 Å². The van der Waals surface area contributed by atoms with E-state index in [2.05, 4.69) is 10.6 Å². The number of benzene rings is 1. The van der Waals surface area contributed by atoms with E-state index in [4.69, 9.17) is 4.74 Å². The van der Waals surface area contributed by atoms with Crippen LogP contribution in [-0.4, -0.2) is 18.9 Å². The van der Waals surface area contributed by atoms with E-state index in [1.165, 1.54) is 13.8 Å². The molecule has 16 heavy (non-hydrogen) atoms. The molecule has 1 amide bonds. The fourth-order valence-electron chi connectivity index (χ4n) is 1.26. The van der Waals surface area contributed by atoms with Crippen LogP contribution in [0.4, 0.5) is 11.4 Å². The summed E-state index contributed by atoms with van der Waals surface area (Å²) in [4.78, 5) is 21.7. The highest BCUT2D eigenvalue weighted by molar-refractivity contribution is 5.92. The Morgan fingerprint density at radius 2 is 1.88 bits per heavy atom. The first-order valence-corrected chi connectivity index (χ1v) is 4.80. The molecule has 0 bridgehead atoms. The molecule has 0 saturated heterocycles. The number of carbonyl (C=O) groups is 2.